The first kappa shape index (κ1) is 13.5. The van der Waals surface area contributed by atoms with Gasteiger partial charge in [0.1, 0.15) is 5.82 Å². The molecular weight excluding hydrogens is 229 g/mol. The fraction of sp³-hybridized carbons (Fsp3) is 0.600. The maximum absolute atomic E-state index is 12.8. The maximum atomic E-state index is 12.8. The van der Waals surface area contributed by atoms with Crippen molar-refractivity contribution in [3.63, 3.8) is 0 Å². The van der Waals surface area contributed by atoms with E-state index in [1.54, 1.807) is 12.1 Å². The second-order valence-electron chi connectivity index (χ2n) is 5.19. The van der Waals surface area contributed by atoms with Gasteiger partial charge in [0.25, 0.3) is 0 Å². The van der Waals surface area contributed by atoms with E-state index in [1.807, 2.05) is 0 Å². The first-order chi connectivity index (χ1) is 8.69. The van der Waals surface area contributed by atoms with Crippen LogP contribution in [0.15, 0.2) is 24.3 Å². The fourth-order valence-corrected chi connectivity index (χ4v) is 2.20. The molecular formula is C15H22FNO. The fourth-order valence-electron chi connectivity index (χ4n) is 2.20. The Morgan fingerprint density at radius 1 is 1.33 bits per heavy atom. The molecule has 1 unspecified atom stereocenters. The summed E-state index contributed by atoms with van der Waals surface area (Å²) in [7, 11) is 0. The average Bonchev–Trinajstić information content (AvgIpc) is 3.18. The summed E-state index contributed by atoms with van der Waals surface area (Å²) in [6, 6.07) is 6.13. The summed E-state index contributed by atoms with van der Waals surface area (Å²) in [6.45, 7) is 5.26. The van der Waals surface area contributed by atoms with E-state index >= 15 is 0 Å². The first-order valence-electron chi connectivity index (χ1n) is 6.85. The third-order valence-corrected chi connectivity index (χ3v) is 3.63. The molecule has 2 nitrogen and oxygen atoms in total. The highest BCUT2D eigenvalue weighted by Crippen LogP contribution is 2.30. The number of rotatable bonds is 7. The van der Waals surface area contributed by atoms with E-state index in [4.69, 9.17) is 0 Å². The molecule has 1 N–H and O–H groups in total. The number of aliphatic hydroxyl groups excluding tert-OH is 1. The normalized spacial score (nSPS) is 17.1. The summed E-state index contributed by atoms with van der Waals surface area (Å²) >= 11 is 0. The molecule has 1 aromatic carbocycles. The minimum Gasteiger partial charge on any atom is -0.388 e. The maximum Gasteiger partial charge on any atom is 0.123 e. The van der Waals surface area contributed by atoms with Crippen LogP contribution in [0.4, 0.5) is 4.39 Å². The average molecular weight is 251 g/mol. The Morgan fingerprint density at radius 3 is 2.56 bits per heavy atom. The third-order valence-electron chi connectivity index (χ3n) is 3.63. The highest BCUT2D eigenvalue weighted by Gasteiger charge is 2.23. The van der Waals surface area contributed by atoms with Crippen LogP contribution in [-0.4, -0.2) is 29.6 Å². The summed E-state index contributed by atoms with van der Waals surface area (Å²) < 4.78 is 12.8. The summed E-state index contributed by atoms with van der Waals surface area (Å²) in [5.41, 5.74) is 0.805. The van der Waals surface area contributed by atoms with Gasteiger partial charge < -0.3 is 10.0 Å². The van der Waals surface area contributed by atoms with Crippen LogP contribution in [-0.2, 0) is 0 Å². The molecule has 1 atom stereocenters. The molecule has 0 aromatic heterocycles. The molecule has 1 fully saturated rings. The molecule has 0 spiro atoms. The van der Waals surface area contributed by atoms with Gasteiger partial charge in [-0.1, -0.05) is 19.1 Å². The van der Waals surface area contributed by atoms with Gasteiger partial charge in [0, 0.05) is 13.1 Å². The second-order valence-corrected chi connectivity index (χ2v) is 5.19. The molecule has 0 saturated heterocycles. The van der Waals surface area contributed by atoms with E-state index in [1.165, 1.54) is 25.0 Å². The molecule has 1 saturated carbocycles. The zero-order valence-corrected chi connectivity index (χ0v) is 11.0. The quantitative estimate of drug-likeness (QED) is 0.805. The summed E-state index contributed by atoms with van der Waals surface area (Å²) in [5.74, 6) is 0.628. The molecule has 0 bridgehead atoms. The molecule has 0 amide bonds. The van der Waals surface area contributed by atoms with Crippen molar-refractivity contribution in [1.82, 2.24) is 4.90 Å². The Balaban J connectivity index is 1.78. The first-order valence-corrected chi connectivity index (χ1v) is 6.85. The lowest BCUT2D eigenvalue weighted by atomic mass is 10.1. The third kappa shape index (κ3) is 4.07. The van der Waals surface area contributed by atoms with Crippen molar-refractivity contribution in [1.29, 1.82) is 0 Å². The van der Waals surface area contributed by atoms with Crippen LogP contribution >= 0.6 is 0 Å². The number of halogens is 1. The minimum absolute atomic E-state index is 0.255. The van der Waals surface area contributed by atoms with Crippen LogP contribution in [0.2, 0.25) is 0 Å². The van der Waals surface area contributed by atoms with Gasteiger partial charge in [0.05, 0.1) is 6.10 Å². The molecule has 18 heavy (non-hydrogen) atoms. The zero-order valence-electron chi connectivity index (χ0n) is 11.0. The number of hydrogen-bond acceptors (Lipinski definition) is 2. The Kier molecular flexibility index (Phi) is 4.72. The van der Waals surface area contributed by atoms with E-state index in [2.05, 4.69) is 11.8 Å². The molecule has 100 valence electrons. The lowest BCUT2D eigenvalue weighted by Crippen LogP contribution is -2.27. The van der Waals surface area contributed by atoms with Crippen LogP contribution in [0.5, 0.6) is 0 Å². The minimum atomic E-state index is -0.487. The Hall–Kier alpha value is -0.930. The van der Waals surface area contributed by atoms with Crippen molar-refractivity contribution in [2.75, 3.05) is 19.6 Å². The van der Waals surface area contributed by atoms with Gasteiger partial charge in [-0.15, -0.1) is 0 Å². The number of nitrogens with zero attached hydrogens (tertiary/aromatic N) is 1. The van der Waals surface area contributed by atoms with Crippen molar-refractivity contribution in [3.8, 4) is 0 Å². The van der Waals surface area contributed by atoms with Crippen molar-refractivity contribution in [2.45, 2.75) is 32.3 Å². The van der Waals surface area contributed by atoms with Crippen molar-refractivity contribution < 1.29 is 9.50 Å². The van der Waals surface area contributed by atoms with E-state index in [0.717, 1.165) is 31.1 Å². The molecule has 3 heteroatoms. The predicted octanol–water partition coefficient (Wildman–Crippen LogP) is 2.98. The largest absolute Gasteiger partial charge is 0.388 e. The van der Waals surface area contributed by atoms with E-state index in [0.29, 0.717) is 6.42 Å². The molecule has 1 aliphatic rings. The van der Waals surface area contributed by atoms with E-state index < -0.39 is 6.10 Å². The molecule has 2 rings (SSSR count). The topological polar surface area (TPSA) is 23.5 Å². The smallest absolute Gasteiger partial charge is 0.123 e. The van der Waals surface area contributed by atoms with Gasteiger partial charge in [-0.3, -0.25) is 0 Å². The molecule has 1 aromatic rings. The van der Waals surface area contributed by atoms with Crippen LogP contribution < -0.4 is 0 Å². The molecule has 0 heterocycles. The van der Waals surface area contributed by atoms with Gasteiger partial charge in [0.15, 0.2) is 0 Å². The Labute approximate surface area is 108 Å². The Morgan fingerprint density at radius 2 is 2.00 bits per heavy atom. The van der Waals surface area contributed by atoms with E-state index in [-0.39, 0.29) is 5.82 Å². The molecule has 0 radical (unpaired) electrons. The highest BCUT2D eigenvalue weighted by atomic mass is 19.1. The van der Waals surface area contributed by atoms with Gasteiger partial charge >= 0.3 is 0 Å². The SMILES string of the molecule is CCN(CCC(O)c1ccc(F)cc1)CC1CC1. The van der Waals surface area contributed by atoms with Gasteiger partial charge in [0.2, 0.25) is 0 Å². The standard InChI is InChI=1S/C15H22FNO/c1-2-17(11-12-3-4-12)10-9-15(18)13-5-7-14(16)8-6-13/h5-8,12,15,18H,2-4,9-11H2,1H3. The Bertz CT molecular complexity index is 361. The van der Waals surface area contributed by atoms with Crippen molar-refractivity contribution in [2.24, 2.45) is 5.92 Å². The van der Waals surface area contributed by atoms with Gasteiger partial charge in [-0.05, 0) is 49.4 Å². The number of aliphatic hydroxyl groups is 1. The molecule has 0 aliphatic heterocycles. The van der Waals surface area contributed by atoms with Crippen LogP contribution in [0.1, 0.15) is 37.9 Å². The van der Waals surface area contributed by atoms with Gasteiger partial charge in [-0.25, -0.2) is 4.39 Å². The predicted molar refractivity (Wildman–Crippen MR) is 70.8 cm³/mol. The lowest BCUT2D eigenvalue weighted by molar-refractivity contribution is 0.142. The van der Waals surface area contributed by atoms with Crippen LogP contribution in [0.25, 0.3) is 0 Å². The van der Waals surface area contributed by atoms with E-state index in [9.17, 15) is 9.50 Å². The van der Waals surface area contributed by atoms with Crippen LogP contribution in [0, 0.1) is 11.7 Å². The second kappa shape index (κ2) is 6.30. The van der Waals surface area contributed by atoms with Gasteiger partial charge in [-0.2, -0.15) is 0 Å². The van der Waals surface area contributed by atoms with Crippen molar-refractivity contribution >= 4 is 0 Å². The zero-order chi connectivity index (χ0) is 13.0. The highest BCUT2D eigenvalue weighted by molar-refractivity contribution is 5.18. The lowest BCUT2D eigenvalue weighted by Gasteiger charge is -2.22. The summed E-state index contributed by atoms with van der Waals surface area (Å²) in [6.07, 6.45) is 2.94. The van der Waals surface area contributed by atoms with Crippen LogP contribution in [0.3, 0.4) is 0 Å². The van der Waals surface area contributed by atoms with Crippen molar-refractivity contribution in [3.05, 3.63) is 35.6 Å². The summed E-state index contributed by atoms with van der Waals surface area (Å²) in [4.78, 5) is 2.39. The summed E-state index contributed by atoms with van der Waals surface area (Å²) in [5, 5.41) is 10.1. The number of hydrogen-bond donors (Lipinski definition) is 1. The monoisotopic (exact) mass is 251 g/mol. The molecule has 1 aliphatic carbocycles. The number of benzene rings is 1.